The maximum atomic E-state index is 4.80. The van der Waals surface area contributed by atoms with Crippen LogP contribution >= 0.6 is 0 Å². The molecule has 0 amide bonds. The van der Waals surface area contributed by atoms with Crippen molar-refractivity contribution in [2.75, 3.05) is 57.3 Å². The summed E-state index contributed by atoms with van der Waals surface area (Å²) in [6.07, 6.45) is 3.61. The van der Waals surface area contributed by atoms with Gasteiger partial charge in [-0.1, -0.05) is 18.2 Å². The summed E-state index contributed by atoms with van der Waals surface area (Å²) in [6.45, 7) is 10.1. The summed E-state index contributed by atoms with van der Waals surface area (Å²) in [6, 6.07) is 10.8. The molecule has 0 radical (unpaired) electrons. The monoisotopic (exact) mass is 366 g/mol. The van der Waals surface area contributed by atoms with E-state index in [9.17, 15) is 0 Å². The van der Waals surface area contributed by atoms with Crippen molar-refractivity contribution < 1.29 is 0 Å². The number of aromatic nitrogens is 3. The van der Waals surface area contributed by atoms with E-state index in [0.717, 1.165) is 64.6 Å². The molecule has 27 heavy (non-hydrogen) atoms. The molecular formula is C21H30N6. The van der Waals surface area contributed by atoms with Gasteiger partial charge in [0.05, 0.1) is 6.54 Å². The third kappa shape index (κ3) is 4.01. The van der Waals surface area contributed by atoms with Crippen LogP contribution < -0.4 is 4.90 Å². The van der Waals surface area contributed by atoms with Crippen molar-refractivity contribution in [2.45, 2.75) is 31.7 Å². The van der Waals surface area contributed by atoms with Gasteiger partial charge in [0, 0.05) is 70.4 Å². The summed E-state index contributed by atoms with van der Waals surface area (Å²) in [5, 5.41) is 4.76. The number of rotatable bonds is 5. The van der Waals surface area contributed by atoms with Gasteiger partial charge in [-0.3, -0.25) is 9.80 Å². The van der Waals surface area contributed by atoms with Gasteiger partial charge in [0.15, 0.2) is 5.82 Å². The van der Waals surface area contributed by atoms with E-state index in [4.69, 9.17) is 10.1 Å². The number of benzene rings is 1. The summed E-state index contributed by atoms with van der Waals surface area (Å²) in [4.78, 5) is 12.5. The first-order valence-electron chi connectivity index (χ1n) is 10.5. The minimum absolute atomic E-state index is 0.662. The van der Waals surface area contributed by atoms with Crippen LogP contribution in [-0.2, 0) is 13.0 Å². The number of para-hydroxylation sites is 1. The Bertz CT molecular complexity index is 720. The van der Waals surface area contributed by atoms with Crippen molar-refractivity contribution in [1.29, 1.82) is 0 Å². The Morgan fingerprint density at radius 1 is 0.815 bits per heavy atom. The second kappa shape index (κ2) is 7.60. The van der Waals surface area contributed by atoms with E-state index in [1.54, 1.807) is 0 Å². The fraction of sp³-hybridized carbons (Fsp3) is 0.619. The van der Waals surface area contributed by atoms with Crippen molar-refractivity contribution >= 4 is 5.69 Å². The average molecular weight is 367 g/mol. The van der Waals surface area contributed by atoms with Crippen LogP contribution in [0.4, 0.5) is 5.69 Å². The second-order valence-electron chi connectivity index (χ2n) is 8.14. The number of piperazine rings is 1. The molecule has 1 aromatic carbocycles. The summed E-state index contributed by atoms with van der Waals surface area (Å²) in [5.41, 5.74) is 1.36. The molecule has 0 unspecified atom stereocenters. The summed E-state index contributed by atoms with van der Waals surface area (Å²) < 4.78 is 2.17. The molecule has 2 aliphatic heterocycles. The summed E-state index contributed by atoms with van der Waals surface area (Å²) >= 11 is 0. The highest BCUT2D eigenvalue weighted by Crippen LogP contribution is 2.38. The van der Waals surface area contributed by atoms with Gasteiger partial charge in [0.2, 0.25) is 0 Å². The van der Waals surface area contributed by atoms with Crippen molar-refractivity contribution in [3.63, 3.8) is 0 Å². The van der Waals surface area contributed by atoms with Gasteiger partial charge in [-0.25, -0.2) is 9.67 Å². The Hall–Kier alpha value is -1.92. The molecule has 6 nitrogen and oxygen atoms in total. The lowest BCUT2D eigenvalue weighted by Crippen LogP contribution is -2.48. The summed E-state index contributed by atoms with van der Waals surface area (Å²) in [7, 11) is 0. The van der Waals surface area contributed by atoms with Crippen molar-refractivity contribution in [3.8, 4) is 0 Å². The fourth-order valence-corrected chi connectivity index (χ4v) is 4.25. The molecule has 6 heteroatoms. The lowest BCUT2D eigenvalue weighted by Gasteiger charge is -2.37. The third-order valence-electron chi connectivity index (χ3n) is 6.21. The normalized spacial score (nSPS) is 21.9. The molecule has 144 valence electrons. The maximum Gasteiger partial charge on any atom is 0.154 e. The second-order valence-corrected chi connectivity index (χ2v) is 8.14. The van der Waals surface area contributed by atoms with Crippen LogP contribution in [0.5, 0.6) is 0 Å². The SMILES string of the molecule is c1ccc(N2CCN(CCN3CCc4nc(C5CC5)nn4CC3)CC2)cc1. The largest absolute Gasteiger partial charge is 0.369 e. The molecule has 0 spiro atoms. The van der Waals surface area contributed by atoms with E-state index in [1.807, 2.05) is 0 Å². The highest BCUT2D eigenvalue weighted by molar-refractivity contribution is 5.46. The minimum atomic E-state index is 0.662. The average Bonchev–Trinajstić information content (AvgIpc) is 3.52. The van der Waals surface area contributed by atoms with Crippen LogP contribution in [0.25, 0.3) is 0 Å². The Balaban J connectivity index is 1.07. The van der Waals surface area contributed by atoms with Gasteiger partial charge in [0.25, 0.3) is 0 Å². The van der Waals surface area contributed by atoms with Crippen LogP contribution in [0.3, 0.4) is 0 Å². The highest BCUT2D eigenvalue weighted by atomic mass is 15.4. The Morgan fingerprint density at radius 3 is 2.26 bits per heavy atom. The van der Waals surface area contributed by atoms with Crippen LogP contribution in [0, 0.1) is 0 Å². The molecular weight excluding hydrogens is 336 g/mol. The zero-order chi connectivity index (χ0) is 18.1. The predicted molar refractivity (Wildman–Crippen MR) is 107 cm³/mol. The van der Waals surface area contributed by atoms with E-state index in [0.29, 0.717) is 5.92 Å². The standard InChI is InChI=1S/C21H30N6/c1-2-4-19(5-3-1)26-15-12-25(13-16-26)11-10-24-9-8-20-22-21(18-6-7-18)23-27(20)17-14-24/h1-5,18H,6-17H2. The molecule has 1 aliphatic carbocycles. The van der Waals surface area contributed by atoms with Crippen molar-refractivity contribution in [2.24, 2.45) is 0 Å². The molecule has 0 N–H and O–H groups in total. The van der Waals surface area contributed by atoms with E-state index < -0.39 is 0 Å². The van der Waals surface area contributed by atoms with Gasteiger partial charge >= 0.3 is 0 Å². The van der Waals surface area contributed by atoms with Gasteiger partial charge in [0.1, 0.15) is 5.82 Å². The number of hydrogen-bond acceptors (Lipinski definition) is 5. The van der Waals surface area contributed by atoms with E-state index in [1.165, 1.54) is 30.9 Å². The first-order valence-corrected chi connectivity index (χ1v) is 10.5. The number of hydrogen-bond donors (Lipinski definition) is 0. The van der Waals surface area contributed by atoms with E-state index in [2.05, 4.69) is 49.7 Å². The van der Waals surface area contributed by atoms with Crippen LogP contribution in [-0.4, -0.2) is 76.9 Å². The number of anilines is 1. The van der Waals surface area contributed by atoms with Gasteiger partial charge in [-0.15, -0.1) is 0 Å². The van der Waals surface area contributed by atoms with Crippen LogP contribution in [0.15, 0.2) is 30.3 Å². The van der Waals surface area contributed by atoms with Gasteiger partial charge < -0.3 is 4.90 Å². The maximum absolute atomic E-state index is 4.80. The van der Waals surface area contributed by atoms with Gasteiger partial charge in [-0.05, 0) is 25.0 Å². The molecule has 2 aromatic rings. The minimum Gasteiger partial charge on any atom is -0.369 e. The predicted octanol–water partition coefficient (Wildman–Crippen LogP) is 1.84. The highest BCUT2D eigenvalue weighted by Gasteiger charge is 2.29. The van der Waals surface area contributed by atoms with Crippen LogP contribution in [0.1, 0.15) is 30.4 Å². The topological polar surface area (TPSA) is 40.4 Å². The molecule has 3 heterocycles. The van der Waals surface area contributed by atoms with E-state index >= 15 is 0 Å². The first kappa shape index (κ1) is 17.2. The molecule has 2 fully saturated rings. The molecule has 1 saturated heterocycles. The van der Waals surface area contributed by atoms with Crippen molar-refractivity contribution in [1.82, 2.24) is 24.6 Å². The molecule has 0 atom stereocenters. The zero-order valence-corrected chi connectivity index (χ0v) is 16.1. The van der Waals surface area contributed by atoms with Gasteiger partial charge in [-0.2, -0.15) is 5.10 Å². The Morgan fingerprint density at radius 2 is 1.52 bits per heavy atom. The zero-order valence-electron chi connectivity index (χ0n) is 16.1. The molecule has 1 aromatic heterocycles. The first-order chi connectivity index (χ1) is 13.3. The summed E-state index contributed by atoms with van der Waals surface area (Å²) in [5.74, 6) is 2.97. The quantitative estimate of drug-likeness (QED) is 0.808. The molecule has 3 aliphatic rings. The van der Waals surface area contributed by atoms with Crippen molar-refractivity contribution in [3.05, 3.63) is 42.0 Å². The fourth-order valence-electron chi connectivity index (χ4n) is 4.25. The lowest BCUT2D eigenvalue weighted by molar-refractivity contribution is 0.197. The number of nitrogens with zero attached hydrogens (tertiary/aromatic N) is 6. The molecule has 1 saturated carbocycles. The third-order valence-corrected chi connectivity index (χ3v) is 6.21. The van der Waals surface area contributed by atoms with E-state index in [-0.39, 0.29) is 0 Å². The molecule has 5 rings (SSSR count). The Kier molecular flexibility index (Phi) is 4.84. The number of fused-ring (bicyclic) bond motifs is 1. The Labute approximate surface area is 161 Å². The van der Waals surface area contributed by atoms with Crippen LogP contribution in [0.2, 0.25) is 0 Å². The molecule has 0 bridgehead atoms. The smallest absolute Gasteiger partial charge is 0.154 e. The lowest BCUT2D eigenvalue weighted by atomic mass is 10.2.